The van der Waals surface area contributed by atoms with Crippen molar-refractivity contribution in [1.29, 1.82) is 0 Å². The van der Waals surface area contributed by atoms with Crippen molar-refractivity contribution in [3.8, 4) is 11.5 Å². The molecule has 0 saturated carbocycles. The summed E-state index contributed by atoms with van der Waals surface area (Å²) >= 11 is 0. The fraction of sp³-hybridized carbons (Fsp3) is 0.235. The summed E-state index contributed by atoms with van der Waals surface area (Å²) in [5.41, 5.74) is 0.353. The second-order valence-electron chi connectivity index (χ2n) is 5.12. The van der Waals surface area contributed by atoms with E-state index >= 15 is 0 Å². The number of ether oxygens (including phenoxy) is 2. The van der Waals surface area contributed by atoms with Crippen LogP contribution in [0.25, 0.3) is 0 Å². The largest absolute Gasteiger partial charge is 0.493 e. The van der Waals surface area contributed by atoms with E-state index in [1.54, 1.807) is 12.1 Å². The van der Waals surface area contributed by atoms with Crippen LogP contribution in [-0.4, -0.2) is 18.2 Å². The maximum absolute atomic E-state index is 11.4. The number of hydrogen-bond donors (Lipinski definition) is 1. The van der Waals surface area contributed by atoms with Crippen molar-refractivity contribution in [2.75, 3.05) is 7.11 Å². The molecule has 0 amide bonds. The Morgan fingerprint density at radius 2 is 1.71 bits per heavy atom. The van der Waals surface area contributed by atoms with Crippen molar-refractivity contribution in [2.45, 2.75) is 19.4 Å². The molecule has 0 aliphatic carbocycles. The van der Waals surface area contributed by atoms with Crippen molar-refractivity contribution in [2.24, 2.45) is 0 Å². The van der Waals surface area contributed by atoms with Crippen molar-refractivity contribution in [3.05, 3.63) is 59.7 Å². The lowest BCUT2D eigenvalue weighted by atomic mass is 9.98. The smallest absolute Gasteiger partial charge is 0.339 e. The minimum absolute atomic E-state index is 0.0818. The van der Waals surface area contributed by atoms with Crippen LogP contribution in [-0.2, 0) is 5.60 Å². The van der Waals surface area contributed by atoms with E-state index < -0.39 is 11.6 Å². The molecule has 0 fully saturated rings. The summed E-state index contributed by atoms with van der Waals surface area (Å²) in [7, 11) is 1.49. The first-order valence-electron chi connectivity index (χ1n) is 6.60. The third kappa shape index (κ3) is 3.16. The molecular formula is C17H18O4. The third-order valence-corrected chi connectivity index (χ3v) is 3.26. The highest BCUT2D eigenvalue weighted by Gasteiger charge is 2.27. The van der Waals surface area contributed by atoms with Crippen LogP contribution < -0.4 is 9.47 Å². The first-order valence-corrected chi connectivity index (χ1v) is 6.60. The molecule has 0 heterocycles. The summed E-state index contributed by atoms with van der Waals surface area (Å²) in [6, 6.07) is 14.5. The molecule has 0 radical (unpaired) electrons. The highest BCUT2D eigenvalue weighted by atomic mass is 16.5. The third-order valence-electron chi connectivity index (χ3n) is 3.26. The molecule has 2 aromatic rings. The van der Waals surface area contributed by atoms with Gasteiger partial charge in [0.1, 0.15) is 11.2 Å². The summed E-state index contributed by atoms with van der Waals surface area (Å²) in [5, 5.41) is 9.32. The highest BCUT2D eigenvalue weighted by molar-refractivity contribution is 5.92. The summed E-state index contributed by atoms with van der Waals surface area (Å²) in [6.07, 6.45) is 0. The lowest BCUT2D eigenvalue weighted by Gasteiger charge is -2.28. The number of carboxylic acids is 1. The molecule has 2 aromatic carbocycles. The van der Waals surface area contributed by atoms with Gasteiger partial charge in [-0.15, -0.1) is 0 Å². The van der Waals surface area contributed by atoms with E-state index in [4.69, 9.17) is 9.47 Å². The maximum Gasteiger partial charge on any atom is 0.339 e. The van der Waals surface area contributed by atoms with Crippen LogP contribution >= 0.6 is 0 Å². The molecule has 0 aliphatic heterocycles. The van der Waals surface area contributed by atoms with Gasteiger partial charge in [0, 0.05) is 0 Å². The molecule has 4 nitrogen and oxygen atoms in total. The second kappa shape index (κ2) is 5.87. The van der Waals surface area contributed by atoms with E-state index in [2.05, 4.69) is 0 Å². The summed E-state index contributed by atoms with van der Waals surface area (Å²) in [6.45, 7) is 3.78. The predicted molar refractivity (Wildman–Crippen MR) is 80.0 cm³/mol. The summed E-state index contributed by atoms with van der Waals surface area (Å²) < 4.78 is 11.2. The minimum Gasteiger partial charge on any atom is -0.493 e. The van der Waals surface area contributed by atoms with Crippen LogP contribution in [0.15, 0.2) is 48.5 Å². The standard InChI is InChI=1S/C17H18O4/c1-17(2,12-8-5-4-6-9-12)21-15-13(16(18)19)10-7-11-14(15)20-3/h4-11H,1-3H3,(H,18,19). The molecule has 0 aliphatic rings. The molecule has 0 bridgehead atoms. The number of carbonyl (C=O) groups is 1. The Labute approximate surface area is 123 Å². The number of aromatic carboxylic acids is 1. The van der Waals surface area contributed by atoms with Gasteiger partial charge in [0.2, 0.25) is 0 Å². The van der Waals surface area contributed by atoms with Crippen LogP contribution in [0.5, 0.6) is 11.5 Å². The number of benzene rings is 2. The molecule has 0 atom stereocenters. The Morgan fingerprint density at radius 1 is 1.05 bits per heavy atom. The number of rotatable bonds is 5. The topological polar surface area (TPSA) is 55.8 Å². The van der Waals surface area contributed by atoms with Crippen molar-refractivity contribution in [3.63, 3.8) is 0 Å². The van der Waals surface area contributed by atoms with Crippen LogP contribution in [0.1, 0.15) is 29.8 Å². The summed E-state index contributed by atoms with van der Waals surface area (Å²) in [5.74, 6) is -0.409. The lowest BCUT2D eigenvalue weighted by Crippen LogP contribution is -2.26. The van der Waals surface area contributed by atoms with Gasteiger partial charge in [-0.1, -0.05) is 36.4 Å². The van der Waals surface area contributed by atoms with Crippen LogP contribution in [0.3, 0.4) is 0 Å². The molecule has 0 saturated heterocycles. The number of carboxylic acid groups (broad SMARTS) is 1. The molecule has 0 spiro atoms. The van der Waals surface area contributed by atoms with Crippen LogP contribution in [0.4, 0.5) is 0 Å². The van der Waals surface area contributed by atoms with E-state index in [1.807, 2.05) is 44.2 Å². The summed E-state index contributed by atoms with van der Waals surface area (Å²) in [4.78, 5) is 11.4. The number of methoxy groups -OCH3 is 1. The van der Waals surface area contributed by atoms with Gasteiger partial charge in [0.25, 0.3) is 0 Å². The van der Waals surface area contributed by atoms with E-state index in [-0.39, 0.29) is 11.3 Å². The molecule has 4 heteroatoms. The van der Waals surface area contributed by atoms with E-state index in [9.17, 15) is 9.90 Å². The Morgan fingerprint density at radius 3 is 2.29 bits per heavy atom. The quantitative estimate of drug-likeness (QED) is 0.910. The van der Waals surface area contributed by atoms with Gasteiger partial charge in [-0.3, -0.25) is 0 Å². The van der Waals surface area contributed by atoms with Gasteiger partial charge in [0.05, 0.1) is 7.11 Å². The van der Waals surface area contributed by atoms with Gasteiger partial charge in [-0.2, -0.15) is 0 Å². The Hall–Kier alpha value is -2.49. The first-order chi connectivity index (χ1) is 9.95. The lowest BCUT2D eigenvalue weighted by molar-refractivity contribution is 0.0667. The number of para-hydroxylation sites is 1. The zero-order valence-electron chi connectivity index (χ0n) is 12.3. The highest BCUT2D eigenvalue weighted by Crippen LogP contribution is 2.37. The monoisotopic (exact) mass is 286 g/mol. The molecule has 21 heavy (non-hydrogen) atoms. The molecule has 0 aromatic heterocycles. The van der Waals surface area contributed by atoms with Gasteiger partial charge >= 0.3 is 5.97 Å². The van der Waals surface area contributed by atoms with Crippen LogP contribution in [0.2, 0.25) is 0 Å². The van der Waals surface area contributed by atoms with Gasteiger partial charge < -0.3 is 14.6 Å². The first kappa shape index (κ1) is 14.9. The SMILES string of the molecule is COc1cccc(C(=O)O)c1OC(C)(C)c1ccccc1. The Bertz CT molecular complexity index is 632. The van der Waals surface area contributed by atoms with Crippen LogP contribution in [0, 0.1) is 0 Å². The van der Waals surface area contributed by atoms with Gasteiger partial charge in [-0.25, -0.2) is 4.79 Å². The van der Waals surface area contributed by atoms with Gasteiger partial charge in [0.15, 0.2) is 11.5 Å². The van der Waals surface area contributed by atoms with Crippen molar-refractivity contribution < 1.29 is 19.4 Å². The average molecular weight is 286 g/mol. The van der Waals surface area contributed by atoms with Gasteiger partial charge in [-0.05, 0) is 31.5 Å². The zero-order chi connectivity index (χ0) is 15.5. The number of hydrogen-bond acceptors (Lipinski definition) is 3. The Kier molecular flexibility index (Phi) is 4.17. The predicted octanol–water partition coefficient (Wildman–Crippen LogP) is 3.71. The normalized spacial score (nSPS) is 11.0. The zero-order valence-corrected chi connectivity index (χ0v) is 12.3. The average Bonchev–Trinajstić information content (AvgIpc) is 2.47. The molecular weight excluding hydrogens is 268 g/mol. The fourth-order valence-electron chi connectivity index (χ4n) is 2.10. The molecule has 110 valence electrons. The fourth-order valence-corrected chi connectivity index (χ4v) is 2.10. The minimum atomic E-state index is -1.05. The van der Waals surface area contributed by atoms with Crippen molar-refractivity contribution in [1.82, 2.24) is 0 Å². The van der Waals surface area contributed by atoms with Crippen molar-refractivity contribution >= 4 is 5.97 Å². The second-order valence-corrected chi connectivity index (χ2v) is 5.12. The van der Waals surface area contributed by atoms with E-state index in [0.29, 0.717) is 5.75 Å². The Balaban J connectivity index is 2.45. The molecule has 2 rings (SSSR count). The maximum atomic E-state index is 11.4. The van der Waals surface area contributed by atoms with E-state index in [0.717, 1.165) is 5.56 Å². The molecule has 1 N–H and O–H groups in total. The van der Waals surface area contributed by atoms with E-state index in [1.165, 1.54) is 13.2 Å². The molecule has 0 unspecified atom stereocenters.